The molecule has 20 heavy (non-hydrogen) atoms. The monoisotopic (exact) mass is 294 g/mol. The number of rotatable bonds is 4. The Morgan fingerprint density at radius 2 is 2.15 bits per heavy atom. The fourth-order valence-corrected chi connectivity index (χ4v) is 2.92. The summed E-state index contributed by atoms with van der Waals surface area (Å²) in [6.07, 6.45) is 2.52. The number of hydrogen-bond donors (Lipinski definition) is 1. The molecule has 0 aliphatic carbocycles. The third-order valence-electron chi connectivity index (χ3n) is 3.86. The maximum Gasteiger partial charge on any atom is 0.221 e. The number of alkyl halides is 1. The number of nitrogens with one attached hydrogen (secondary N) is 1. The predicted molar refractivity (Wildman–Crippen MR) is 84.2 cm³/mol. The molecule has 1 aliphatic rings. The second-order valence-electron chi connectivity index (χ2n) is 5.76. The van der Waals surface area contributed by atoms with Crippen LogP contribution in [0.4, 0.5) is 5.69 Å². The average molecular weight is 295 g/mol. The smallest absolute Gasteiger partial charge is 0.221 e. The Morgan fingerprint density at radius 1 is 1.45 bits per heavy atom. The Hall–Kier alpha value is -1.06. The number of benzene rings is 1. The summed E-state index contributed by atoms with van der Waals surface area (Å²) < 4.78 is 0. The van der Waals surface area contributed by atoms with Crippen LogP contribution >= 0.6 is 11.6 Å². The number of carbonyl (C=O) groups excluding carboxylic acids is 1. The molecule has 1 saturated heterocycles. The first-order chi connectivity index (χ1) is 9.54. The van der Waals surface area contributed by atoms with E-state index in [2.05, 4.69) is 17.1 Å². The lowest BCUT2D eigenvalue weighted by molar-refractivity contribution is -0.114. The van der Waals surface area contributed by atoms with Gasteiger partial charge in [-0.05, 0) is 49.5 Å². The Morgan fingerprint density at radius 3 is 2.80 bits per heavy atom. The number of likely N-dealkylation sites (tertiary alicyclic amines) is 1. The van der Waals surface area contributed by atoms with E-state index < -0.39 is 0 Å². The molecule has 0 radical (unpaired) electrons. The number of nitrogens with zero attached hydrogens (tertiary/aromatic N) is 1. The molecule has 1 unspecified atom stereocenters. The van der Waals surface area contributed by atoms with E-state index in [0.717, 1.165) is 36.8 Å². The third kappa shape index (κ3) is 4.50. The topological polar surface area (TPSA) is 32.3 Å². The normalized spacial score (nSPS) is 18.8. The zero-order valence-corrected chi connectivity index (χ0v) is 13.0. The predicted octanol–water partition coefficient (Wildman–Crippen LogP) is 3.66. The van der Waals surface area contributed by atoms with Gasteiger partial charge in [-0.15, -0.1) is 11.6 Å². The van der Waals surface area contributed by atoms with E-state index in [1.54, 1.807) is 0 Å². The molecule has 1 aromatic rings. The summed E-state index contributed by atoms with van der Waals surface area (Å²) in [5.74, 6) is 0.779. The van der Waals surface area contributed by atoms with Crippen LogP contribution < -0.4 is 5.32 Å². The van der Waals surface area contributed by atoms with Gasteiger partial charge in [0.05, 0.1) is 5.38 Å². The molecule has 1 atom stereocenters. The number of amides is 1. The van der Waals surface area contributed by atoms with Gasteiger partial charge in [0.1, 0.15) is 0 Å². The molecule has 1 N–H and O–H groups in total. The van der Waals surface area contributed by atoms with Gasteiger partial charge in [-0.25, -0.2) is 0 Å². The zero-order chi connectivity index (χ0) is 14.5. The molecular formula is C16H23ClN2O. The largest absolute Gasteiger partial charge is 0.326 e. The Balaban J connectivity index is 1.94. The van der Waals surface area contributed by atoms with Crippen molar-refractivity contribution in [3.63, 3.8) is 0 Å². The quantitative estimate of drug-likeness (QED) is 0.860. The van der Waals surface area contributed by atoms with Crippen LogP contribution in [0.2, 0.25) is 0 Å². The van der Waals surface area contributed by atoms with Crippen LogP contribution in [-0.4, -0.2) is 30.4 Å². The van der Waals surface area contributed by atoms with Gasteiger partial charge in [-0.3, -0.25) is 4.79 Å². The molecule has 1 heterocycles. The molecule has 110 valence electrons. The van der Waals surface area contributed by atoms with E-state index in [1.165, 1.54) is 19.8 Å². The van der Waals surface area contributed by atoms with Gasteiger partial charge in [0.2, 0.25) is 5.91 Å². The Labute approximate surface area is 126 Å². The maximum absolute atomic E-state index is 11.1. The number of hydrogen-bond acceptors (Lipinski definition) is 2. The molecule has 1 fully saturated rings. The van der Waals surface area contributed by atoms with Crippen molar-refractivity contribution in [3.05, 3.63) is 29.8 Å². The van der Waals surface area contributed by atoms with Gasteiger partial charge < -0.3 is 10.2 Å². The maximum atomic E-state index is 11.1. The van der Waals surface area contributed by atoms with Crippen LogP contribution in [0.1, 0.15) is 37.6 Å². The van der Waals surface area contributed by atoms with Crippen LogP contribution in [0, 0.1) is 5.92 Å². The van der Waals surface area contributed by atoms with Crippen molar-refractivity contribution in [2.75, 3.05) is 25.0 Å². The third-order valence-corrected chi connectivity index (χ3v) is 4.25. The van der Waals surface area contributed by atoms with Crippen molar-refractivity contribution in [3.8, 4) is 0 Å². The molecule has 0 aromatic heterocycles. The summed E-state index contributed by atoms with van der Waals surface area (Å²) in [6, 6.07) is 7.81. The lowest BCUT2D eigenvalue weighted by atomic mass is 9.99. The number of piperidine rings is 1. The van der Waals surface area contributed by atoms with E-state index in [9.17, 15) is 4.79 Å². The van der Waals surface area contributed by atoms with E-state index in [1.807, 2.05) is 24.3 Å². The number of carbonyl (C=O) groups is 1. The lowest BCUT2D eigenvalue weighted by Gasteiger charge is -2.31. The SMILES string of the molecule is CC(=O)Nc1cccc(C(Cl)CN2CCC(C)CC2)c1. The second kappa shape index (κ2) is 7.09. The highest BCUT2D eigenvalue weighted by Gasteiger charge is 2.19. The summed E-state index contributed by atoms with van der Waals surface area (Å²) >= 11 is 6.53. The van der Waals surface area contributed by atoms with Gasteiger partial charge in [0, 0.05) is 19.2 Å². The molecule has 4 heteroatoms. The zero-order valence-electron chi connectivity index (χ0n) is 12.2. The van der Waals surface area contributed by atoms with Crippen LogP contribution in [-0.2, 0) is 4.79 Å². The average Bonchev–Trinajstić information content (AvgIpc) is 2.41. The van der Waals surface area contributed by atoms with Crippen molar-refractivity contribution in [2.24, 2.45) is 5.92 Å². The highest BCUT2D eigenvalue weighted by molar-refractivity contribution is 6.21. The van der Waals surface area contributed by atoms with Gasteiger partial charge in [-0.1, -0.05) is 19.1 Å². The van der Waals surface area contributed by atoms with E-state index in [4.69, 9.17) is 11.6 Å². The Bertz CT molecular complexity index is 456. The standard InChI is InChI=1S/C16H23ClN2O/c1-12-6-8-19(9-7-12)11-16(17)14-4-3-5-15(10-14)18-13(2)20/h3-5,10,12,16H,6-9,11H2,1-2H3,(H,18,20). The highest BCUT2D eigenvalue weighted by atomic mass is 35.5. The fraction of sp³-hybridized carbons (Fsp3) is 0.562. The molecule has 0 spiro atoms. The van der Waals surface area contributed by atoms with Crippen LogP contribution in [0.3, 0.4) is 0 Å². The molecular weight excluding hydrogens is 272 g/mol. The van der Waals surface area contributed by atoms with Crippen LogP contribution in [0.15, 0.2) is 24.3 Å². The molecule has 1 aliphatic heterocycles. The summed E-state index contributed by atoms with van der Waals surface area (Å²) in [5, 5.41) is 2.77. The fourth-order valence-electron chi connectivity index (χ4n) is 2.59. The summed E-state index contributed by atoms with van der Waals surface area (Å²) in [4.78, 5) is 13.5. The van der Waals surface area contributed by atoms with Gasteiger partial charge in [0.15, 0.2) is 0 Å². The highest BCUT2D eigenvalue weighted by Crippen LogP contribution is 2.26. The molecule has 0 bridgehead atoms. The summed E-state index contributed by atoms with van der Waals surface area (Å²) in [5.41, 5.74) is 1.88. The first kappa shape index (κ1) is 15.3. The number of halogens is 1. The van der Waals surface area contributed by atoms with E-state index >= 15 is 0 Å². The summed E-state index contributed by atoms with van der Waals surface area (Å²) in [7, 11) is 0. The second-order valence-corrected chi connectivity index (χ2v) is 6.28. The van der Waals surface area contributed by atoms with Crippen LogP contribution in [0.5, 0.6) is 0 Å². The molecule has 2 rings (SSSR count). The molecule has 1 amide bonds. The summed E-state index contributed by atoms with van der Waals surface area (Å²) in [6.45, 7) is 6.97. The van der Waals surface area contributed by atoms with E-state index in [-0.39, 0.29) is 11.3 Å². The van der Waals surface area contributed by atoms with E-state index in [0.29, 0.717) is 0 Å². The minimum atomic E-state index is -0.0571. The van der Waals surface area contributed by atoms with Crippen molar-refractivity contribution in [2.45, 2.75) is 32.1 Å². The van der Waals surface area contributed by atoms with Crippen molar-refractivity contribution in [1.29, 1.82) is 0 Å². The lowest BCUT2D eigenvalue weighted by Crippen LogP contribution is -2.35. The molecule has 3 nitrogen and oxygen atoms in total. The van der Waals surface area contributed by atoms with Gasteiger partial charge >= 0.3 is 0 Å². The molecule has 0 saturated carbocycles. The first-order valence-electron chi connectivity index (χ1n) is 7.28. The van der Waals surface area contributed by atoms with Gasteiger partial charge in [0.25, 0.3) is 0 Å². The van der Waals surface area contributed by atoms with Crippen LogP contribution in [0.25, 0.3) is 0 Å². The van der Waals surface area contributed by atoms with Crippen molar-refractivity contribution >= 4 is 23.2 Å². The minimum absolute atomic E-state index is 0.0304. The Kier molecular flexibility index (Phi) is 5.44. The van der Waals surface area contributed by atoms with Gasteiger partial charge in [-0.2, -0.15) is 0 Å². The van der Waals surface area contributed by atoms with Crippen molar-refractivity contribution < 1.29 is 4.79 Å². The minimum Gasteiger partial charge on any atom is -0.326 e. The number of anilines is 1. The van der Waals surface area contributed by atoms with Crippen molar-refractivity contribution in [1.82, 2.24) is 4.90 Å². The molecule has 1 aromatic carbocycles. The first-order valence-corrected chi connectivity index (χ1v) is 7.72.